The number of thiazole rings is 1. The Morgan fingerprint density at radius 1 is 1.64 bits per heavy atom. The molecule has 1 rings (SSSR count). The molecule has 0 atom stereocenters. The van der Waals surface area contributed by atoms with Crippen molar-refractivity contribution in [1.82, 2.24) is 4.98 Å². The van der Waals surface area contributed by atoms with E-state index in [1.54, 1.807) is 0 Å². The molecule has 3 N–H and O–H groups in total. The van der Waals surface area contributed by atoms with Gasteiger partial charge < -0.3 is 10.8 Å². The largest absolute Gasteiger partial charge is 0.396 e. The molecule has 0 bridgehead atoms. The van der Waals surface area contributed by atoms with Crippen molar-refractivity contribution in [3.8, 4) is 0 Å². The normalized spacial score (nSPS) is 10.4. The first-order valence-corrected chi connectivity index (χ1v) is 4.38. The van der Waals surface area contributed by atoms with Crippen molar-refractivity contribution in [3.63, 3.8) is 0 Å². The molecule has 0 saturated heterocycles. The number of aliphatic hydroxyl groups is 1. The van der Waals surface area contributed by atoms with Gasteiger partial charge in [-0.25, -0.2) is 4.98 Å². The summed E-state index contributed by atoms with van der Waals surface area (Å²) in [6.45, 7) is 2.18. The zero-order valence-electron chi connectivity index (χ0n) is 6.50. The molecule has 1 aromatic rings. The van der Waals surface area contributed by atoms with E-state index < -0.39 is 0 Å². The van der Waals surface area contributed by atoms with Crippen molar-refractivity contribution in [2.75, 3.05) is 12.3 Å². The Labute approximate surface area is 69.9 Å². The first-order chi connectivity index (χ1) is 5.24. The third-order valence-electron chi connectivity index (χ3n) is 1.47. The van der Waals surface area contributed by atoms with E-state index >= 15 is 0 Å². The second kappa shape index (κ2) is 3.69. The van der Waals surface area contributed by atoms with Gasteiger partial charge in [0.05, 0.1) is 5.69 Å². The molecule has 0 amide bonds. The summed E-state index contributed by atoms with van der Waals surface area (Å²) in [4.78, 5) is 5.27. The van der Waals surface area contributed by atoms with Crippen molar-refractivity contribution >= 4 is 16.5 Å². The zero-order chi connectivity index (χ0) is 8.27. The van der Waals surface area contributed by atoms with Crippen LogP contribution in [-0.4, -0.2) is 16.7 Å². The van der Waals surface area contributed by atoms with E-state index in [0.29, 0.717) is 5.13 Å². The summed E-state index contributed by atoms with van der Waals surface area (Å²) in [7, 11) is 0. The molecule has 62 valence electrons. The minimum absolute atomic E-state index is 0.233. The predicted octanol–water partition coefficient (Wildman–Crippen LogP) is 0.959. The van der Waals surface area contributed by atoms with Gasteiger partial charge in [0.15, 0.2) is 5.13 Å². The Bertz CT molecular complexity index is 234. The van der Waals surface area contributed by atoms with E-state index in [0.717, 1.165) is 18.5 Å². The lowest BCUT2D eigenvalue weighted by molar-refractivity contribution is 0.289. The number of aromatic nitrogens is 1. The van der Waals surface area contributed by atoms with E-state index in [1.165, 1.54) is 16.2 Å². The molecule has 4 heteroatoms. The molecular weight excluding hydrogens is 160 g/mol. The SMILES string of the molecule is Cc1nc(N)sc1CCCO. The van der Waals surface area contributed by atoms with Crippen LogP contribution in [0.4, 0.5) is 5.13 Å². The van der Waals surface area contributed by atoms with Gasteiger partial charge in [-0.3, -0.25) is 0 Å². The first kappa shape index (κ1) is 8.49. The predicted molar refractivity (Wildman–Crippen MR) is 46.7 cm³/mol. The minimum atomic E-state index is 0.233. The summed E-state index contributed by atoms with van der Waals surface area (Å²) in [5, 5.41) is 9.20. The van der Waals surface area contributed by atoms with Crippen LogP contribution in [0.15, 0.2) is 0 Å². The smallest absolute Gasteiger partial charge is 0.180 e. The van der Waals surface area contributed by atoms with Gasteiger partial charge in [-0.15, -0.1) is 11.3 Å². The average molecular weight is 172 g/mol. The molecule has 1 heterocycles. The van der Waals surface area contributed by atoms with Gasteiger partial charge in [0.25, 0.3) is 0 Å². The highest BCUT2D eigenvalue weighted by molar-refractivity contribution is 7.15. The average Bonchev–Trinajstić information content (AvgIpc) is 2.26. The van der Waals surface area contributed by atoms with Crippen molar-refractivity contribution in [1.29, 1.82) is 0 Å². The van der Waals surface area contributed by atoms with Gasteiger partial charge in [-0.1, -0.05) is 0 Å². The van der Waals surface area contributed by atoms with Crippen LogP contribution in [0.5, 0.6) is 0 Å². The van der Waals surface area contributed by atoms with Crippen LogP contribution >= 0.6 is 11.3 Å². The molecule has 11 heavy (non-hydrogen) atoms. The molecule has 0 saturated carbocycles. The maximum Gasteiger partial charge on any atom is 0.180 e. The molecule has 0 fully saturated rings. The molecular formula is C7H12N2OS. The fourth-order valence-electron chi connectivity index (χ4n) is 0.922. The summed E-state index contributed by atoms with van der Waals surface area (Å²) < 4.78 is 0. The second-order valence-electron chi connectivity index (χ2n) is 2.39. The summed E-state index contributed by atoms with van der Waals surface area (Å²) in [6, 6.07) is 0. The maximum absolute atomic E-state index is 8.58. The number of nitrogens with two attached hydrogens (primary N) is 1. The molecule has 1 aromatic heterocycles. The lowest BCUT2D eigenvalue weighted by Gasteiger charge is -1.93. The Morgan fingerprint density at radius 3 is 2.82 bits per heavy atom. The maximum atomic E-state index is 8.58. The van der Waals surface area contributed by atoms with Crippen LogP contribution in [0.25, 0.3) is 0 Å². The lowest BCUT2D eigenvalue weighted by atomic mass is 10.2. The van der Waals surface area contributed by atoms with Crippen LogP contribution < -0.4 is 5.73 Å². The van der Waals surface area contributed by atoms with E-state index in [1.807, 2.05) is 6.92 Å². The van der Waals surface area contributed by atoms with Crippen LogP contribution in [-0.2, 0) is 6.42 Å². The molecule has 3 nitrogen and oxygen atoms in total. The standard InChI is InChI=1S/C7H12N2OS/c1-5-6(3-2-4-10)11-7(8)9-5/h10H,2-4H2,1H3,(H2,8,9). The highest BCUT2D eigenvalue weighted by Gasteiger charge is 2.03. The third-order valence-corrected chi connectivity index (χ3v) is 2.52. The molecule has 0 aromatic carbocycles. The Kier molecular flexibility index (Phi) is 2.84. The number of hydrogen-bond acceptors (Lipinski definition) is 4. The van der Waals surface area contributed by atoms with Crippen molar-refractivity contribution in [3.05, 3.63) is 10.6 Å². The van der Waals surface area contributed by atoms with E-state index in [9.17, 15) is 0 Å². The van der Waals surface area contributed by atoms with Gasteiger partial charge in [0.2, 0.25) is 0 Å². The molecule has 0 spiro atoms. The molecule has 0 unspecified atom stereocenters. The third kappa shape index (κ3) is 2.17. The number of hydrogen-bond donors (Lipinski definition) is 2. The number of aliphatic hydroxyl groups excluding tert-OH is 1. The highest BCUT2D eigenvalue weighted by Crippen LogP contribution is 2.20. The molecule has 0 aliphatic heterocycles. The monoisotopic (exact) mass is 172 g/mol. The molecule has 0 aliphatic carbocycles. The van der Waals surface area contributed by atoms with Crippen LogP contribution in [0.1, 0.15) is 17.0 Å². The van der Waals surface area contributed by atoms with Crippen LogP contribution in [0.3, 0.4) is 0 Å². The minimum Gasteiger partial charge on any atom is -0.396 e. The van der Waals surface area contributed by atoms with Gasteiger partial charge >= 0.3 is 0 Å². The fraction of sp³-hybridized carbons (Fsp3) is 0.571. The number of nitrogen functional groups attached to an aromatic ring is 1. The van der Waals surface area contributed by atoms with Crippen molar-refractivity contribution in [2.45, 2.75) is 19.8 Å². The quantitative estimate of drug-likeness (QED) is 0.714. The number of rotatable bonds is 3. The number of aryl methyl sites for hydroxylation is 2. The summed E-state index contributed by atoms with van der Waals surface area (Å²) >= 11 is 1.51. The summed E-state index contributed by atoms with van der Waals surface area (Å²) in [5.74, 6) is 0. The van der Waals surface area contributed by atoms with Gasteiger partial charge in [-0.2, -0.15) is 0 Å². The van der Waals surface area contributed by atoms with Crippen molar-refractivity contribution < 1.29 is 5.11 Å². The van der Waals surface area contributed by atoms with Gasteiger partial charge in [-0.05, 0) is 19.8 Å². The zero-order valence-corrected chi connectivity index (χ0v) is 7.32. The second-order valence-corrected chi connectivity index (χ2v) is 3.50. The van der Waals surface area contributed by atoms with Crippen LogP contribution in [0.2, 0.25) is 0 Å². The number of anilines is 1. The molecule has 0 aliphatic rings. The van der Waals surface area contributed by atoms with E-state index in [-0.39, 0.29) is 6.61 Å². The topological polar surface area (TPSA) is 59.1 Å². The van der Waals surface area contributed by atoms with Gasteiger partial charge in [0.1, 0.15) is 0 Å². The Balaban J connectivity index is 2.62. The Morgan fingerprint density at radius 2 is 2.36 bits per heavy atom. The van der Waals surface area contributed by atoms with Crippen molar-refractivity contribution in [2.24, 2.45) is 0 Å². The highest BCUT2D eigenvalue weighted by atomic mass is 32.1. The van der Waals surface area contributed by atoms with E-state index in [2.05, 4.69) is 4.98 Å². The Hall–Kier alpha value is -0.610. The lowest BCUT2D eigenvalue weighted by Crippen LogP contribution is -1.88. The fourth-order valence-corrected chi connectivity index (χ4v) is 1.80. The summed E-state index contributed by atoms with van der Waals surface area (Å²) in [5.41, 5.74) is 6.50. The molecule has 0 radical (unpaired) electrons. The summed E-state index contributed by atoms with van der Waals surface area (Å²) in [6.07, 6.45) is 1.68. The number of nitrogens with zero attached hydrogens (tertiary/aromatic N) is 1. The first-order valence-electron chi connectivity index (χ1n) is 3.56. The van der Waals surface area contributed by atoms with Crippen LogP contribution in [0, 0.1) is 6.92 Å². The van der Waals surface area contributed by atoms with E-state index in [4.69, 9.17) is 10.8 Å². The van der Waals surface area contributed by atoms with Gasteiger partial charge in [0, 0.05) is 11.5 Å².